The zero-order valence-electron chi connectivity index (χ0n) is 12.4. The Morgan fingerprint density at radius 3 is 2.96 bits per heavy atom. The lowest BCUT2D eigenvalue weighted by Gasteiger charge is -2.24. The summed E-state index contributed by atoms with van der Waals surface area (Å²) in [6.07, 6.45) is 0.356. The molecule has 1 aliphatic carbocycles. The lowest BCUT2D eigenvalue weighted by molar-refractivity contribution is -0.120. The molecule has 23 heavy (non-hydrogen) atoms. The van der Waals surface area contributed by atoms with Crippen LogP contribution in [-0.2, 0) is 11.2 Å². The van der Waals surface area contributed by atoms with Crippen molar-refractivity contribution in [3.8, 4) is 6.07 Å². The van der Waals surface area contributed by atoms with Crippen LogP contribution in [0.1, 0.15) is 25.3 Å². The number of nitriles is 1. The number of carbonyl (C=O) groups is 2. The molecule has 1 aliphatic heterocycles. The topological polar surface area (TPSA) is 106 Å². The molecule has 2 heterocycles. The first-order chi connectivity index (χ1) is 10.9. The molecule has 2 fully saturated rings. The molecule has 120 valence electrons. The molecular formula is C15H15BrN4O3. The fourth-order valence-electron chi connectivity index (χ4n) is 3.28. The van der Waals surface area contributed by atoms with Gasteiger partial charge in [0, 0.05) is 11.6 Å². The van der Waals surface area contributed by atoms with Gasteiger partial charge in [0.1, 0.15) is 16.5 Å². The van der Waals surface area contributed by atoms with E-state index in [-0.39, 0.29) is 17.9 Å². The van der Waals surface area contributed by atoms with E-state index in [4.69, 9.17) is 5.26 Å². The van der Waals surface area contributed by atoms with Gasteiger partial charge in [0.25, 0.3) is 0 Å². The number of fused-ring (bicyclic) bond motifs is 1. The first-order valence-corrected chi connectivity index (χ1v) is 7.99. The van der Waals surface area contributed by atoms with Crippen LogP contribution in [0.15, 0.2) is 16.7 Å². The third-order valence-electron chi connectivity index (χ3n) is 4.61. The molecule has 3 unspecified atom stereocenters. The second-order valence-electron chi connectivity index (χ2n) is 6.25. The fraction of sp³-hybridized carbons (Fsp3) is 0.467. The molecule has 0 aromatic carbocycles. The van der Waals surface area contributed by atoms with Gasteiger partial charge >= 0.3 is 6.09 Å². The number of piperidine rings is 1. The summed E-state index contributed by atoms with van der Waals surface area (Å²) < 4.78 is 0.533. The van der Waals surface area contributed by atoms with Gasteiger partial charge in [-0.05, 0) is 40.3 Å². The van der Waals surface area contributed by atoms with Crippen molar-refractivity contribution < 1.29 is 14.7 Å². The van der Waals surface area contributed by atoms with Crippen molar-refractivity contribution in [1.29, 1.82) is 5.26 Å². The van der Waals surface area contributed by atoms with Crippen molar-refractivity contribution in [3.05, 3.63) is 22.3 Å². The van der Waals surface area contributed by atoms with Crippen molar-refractivity contribution in [1.82, 2.24) is 9.88 Å². The smallest absolute Gasteiger partial charge is 0.408 e. The Morgan fingerprint density at radius 2 is 2.30 bits per heavy atom. The van der Waals surface area contributed by atoms with Crippen molar-refractivity contribution in [2.24, 2.45) is 5.41 Å². The monoisotopic (exact) mass is 378 g/mol. The normalized spacial score (nSPS) is 28.0. The molecule has 1 saturated carbocycles. The Balaban J connectivity index is 1.81. The standard InChI is InChI=1S/C15H15BrN4O3/c1-15-6-9(20(14(22)23)10(15)7-15)13(21)19-12-8(4-5-17)2-3-11(16)18-12/h2-3,9-10H,4,6-7H2,1H3,(H,22,23)(H,18,19,21). The van der Waals surface area contributed by atoms with E-state index in [1.807, 2.05) is 13.0 Å². The highest BCUT2D eigenvalue weighted by atomic mass is 79.9. The Morgan fingerprint density at radius 1 is 1.57 bits per heavy atom. The van der Waals surface area contributed by atoms with Crippen LogP contribution < -0.4 is 5.32 Å². The van der Waals surface area contributed by atoms with Crippen LogP contribution in [0.5, 0.6) is 0 Å². The zero-order valence-corrected chi connectivity index (χ0v) is 14.0. The molecule has 2 amide bonds. The van der Waals surface area contributed by atoms with E-state index >= 15 is 0 Å². The van der Waals surface area contributed by atoms with E-state index in [9.17, 15) is 14.7 Å². The van der Waals surface area contributed by atoms with Crippen LogP contribution >= 0.6 is 15.9 Å². The summed E-state index contributed by atoms with van der Waals surface area (Å²) in [6, 6.07) is 4.63. The summed E-state index contributed by atoms with van der Waals surface area (Å²) in [7, 11) is 0. The number of aromatic nitrogens is 1. The number of anilines is 1. The highest BCUT2D eigenvalue weighted by molar-refractivity contribution is 9.10. The molecule has 2 aliphatic rings. The lowest BCUT2D eigenvalue weighted by atomic mass is 10.0. The third kappa shape index (κ3) is 2.77. The zero-order chi connectivity index (χ0) is 16.8. The first-order valence-electron chi connectivity index (χ1n) is 7.20. The maximum absolute atomic E-state index is 12.6. The van der Waals surface area contributed by atoms with Crippen LogP contribution in [0.2, 0.25) is 0 Å². The molecule has 1 saturated heterocycles. The molecule has 3 rings (SSSR count). The third-order valence-corrected chi connectivity index (χ3v) is 5.06. The lowest BCUT2D eigenvalue weighted by Crippen LogP contribution is -2.45. The van der Waals surface area contributed by atoms with Gasteiger partial charge in [0.15, 0.2) is 0 Å². The van der Waals surface area contributed by atoms with E-state index in [0.717, 1.165) is 6.42 Å². The molecule has 8 heteroatoms. The number of rotatable bonds is 3. The summed E-state index contributed by atoms with van der Waals surface area (Å²) in [5.41, 5.74) is 0.501. The number of halogens is 1. The Kier molecular flexibility index (Phi) is 3.76. The van der Waals surface area contributed by atoms with Gasteiger partial charge in [-0.15, -0.1) is 0 Å². The van der Waals surface area contributed by atoms with Gasteiger partial charge in [0.2, 0.25) is 5.91 Å². The first kappa shape index (κ1) is 15.7. The minimum absolute atomic E-state index is 0.0789. The van der Waals surface area contributed by atoms with Crippen LogP contribution in [0.25, 0.3) is 0 Å². The van der Waals surface area contributed by atoms with E-state index in [0.29, 0.717) is 22.4 Å². The maximum atomic E-state index is 12.6. The summed E-state index contributed by atoms with van der Waals surface area (Å²) in [5, 5.41) is 20.9. The molecule has 2 N–H and O–H groups in total. The summed E-state index contributed by atoms with van der Waals surface area (Å²) in [5.74, 6) is -0.104. The van der Waals surface area contributed by atoms with Gasteiger partial charge < -0.3 is 10.4 Å². The molecule has 0 spiro atoms. The molecule has 1 aromatic rings. The number of hydrogen-bond acceptors (Lipinski definition) is 4. The predicted octanol–water partition coefficient (Wildman–Crippen LogP) is 2.38. The quantitative estimate of drug-likeness (QED) is 0.785. The number of hydrogen-bond donors (Lipinski definition) is 2. The van der Waals surface area contributed by atoms with Gasteiger partial charge in [-0.1, -0.05) is 13.0 Å². The molecule has 7 nitrogen and oxygen atoms in total. The summed E-state index contributed by atoms with van der Waals surface area (Å²) >= 11 is 3.23. The Bertz CT molecular complexity index is 732. The molecule has 0 radical (unpaired) electrons. The SMILES string of the molecule is CC12CC(C(=O)Nc3nc(Br)ccc3CC#N)N(C(=O)O)C1C2. The van der Waals surface area contributed by atoms with E-state index in [1.54, 1.807) is 12.1 Å². The van der Waals surface area contributed by atoms with Crippen LogP contribution in [0.3, 0.4) is 0 Å². The minimum atomic E-state index is -1.07. The second-order valence-corrected chi connectivity index (χ2v) is 7.06. The fourth-order valence-corrected chi connectivity index (χ4v) is 3.59. The van der Waals surface area contributed by atoms with Crippen LogP contribution in [0, 0.1) is 16.7 Å². The van der Waals surface area contributed by atoms with Gasteiger partial charge in [-0.25, -0.2) is 9.78 Å². The Hall–Kier alpha value is -2.14. The summed E-state index contributed by atoms with van der Waals surface area (Å²) in [6.45, 7) is 2.00. The van der Waals surface area contributed by atoms with E-state index in [1.165, 1.54) is 4.90 Å². The minimum Gasteiger partial charge on any atom is -0.465 e. The van der Waals surface area contributed by atoms with Crippen molar-refractivity contribution >= 4 is 33.7 Å². The van der Waals surface area contributed by atoms with Crippen LogP contribution in [0.4, 0.5) is 10.6 Å². The largest absolute Gasteiger partial charge is 0.465 e. The van der Waals surface area contributed by atoms with Crippen molar-refractivity contribution in [2.75, 3.05) is 5.32 Å². The number of likely N-dealkylation sites (tertiary alicyclic amines) is 1. The molecular weight excluding hydrogens is 364 g/mol. The molecule has 1 aromatic heterocycles. The number of nitrogens with zero attached hydrogens (tertiary/aromatic N) is 3. The van der Waals surface area contributed by atoms with Gasteiger partial charge in [0.05, 0.1) is 12.5 Å². The molecule has 3 atom stereocenters. The average Bonchev–Trinajstić information content (AvgIpc) is 3.02. The average molecular weight is 379 g/mol. The van der Waals surface area contributed by atoms with Crippen molar-refractivity contribution in [3.63, 3.8) is 0 Å². The maximum Gasteiger partial charge on any atom is 0.408 e. The predicted molar refractivity (Wildman–Crippen MR) is 84.7 cm³/mol. The number of carbonyl (C=O) groups excluding carboxylic acids is 1. The highest BCUT2D eigenvalue weighted by Crippen LogP contribution is 2.59. The van der Waals surface area contributed by atoms with E-state index in [2.05, 4.69) is 26.2 Å². The van der Waals surface area contributed by atoms with Gasteiger partial charge in [-0.2, -0.15) is 5.26 Å². The highest BCUT2D eigenvalue weighted by Gasteiger charge is 2.64. The second kappa shape index (κ2) is 5.49. The van der Waals surface area contributed by atoms with Crippen LogP contribution in [-0.4, -0.2) is 39.1 Å². The van der Waals surface area contributed by atoms with Gasteiger partial charge in [-0.3, -0.25) is 9.69 Å². The number of carboxylic acid groups (broad SMARTS) is 1. The number of pyridine rings is 1. The van der Waals surface area contributed by atoms with E-state index < -0.39 is 18.0 Å². The molecule has 0 bridgehead atoms. The Labute approximate surface area is 141 Å². The number of amides is 2. The van der Waals surface area contributed by atoms with Crippen molar-refractivity contribution in [2.45, 2.75) is 38.3 Å². The summed E-state index contributed by atoms with van der Waals surface area (Å²) in [4.78, 5) is 29.4. The number of nitrogens with one attached hydrogen (secondary N) is 1.